The highest BCUT2D eigenvalue weighted by atomic mass is 19.1. The van der Waals surface area contributed by atoms with E-state index in [1.54, 1.807) is 0 Å². The molecular formula is C14H17F2NO2. The van der Waals surface area contributed by atoms with Crippen molar-refractivity contribution in [3.05, 3.63) is 35.4 Å². The summed E-state index contributed by atoms with van der Waals surface area (Å²) in [6.45, 7) is 2.21. The van der Waals surface area contributed by atoms with E-state index in [9.17, 15) is 13.9 Å². The van der Waals surface area contributed by atoms with Gasteiger partial charge in [-0.1, -0.05) is 0 Å². The number of hydrogen-bond acceptors (Lipinski definition) is 3. The van der Waals surface area contributed by atoms with Crippen LogP contribution in [0.4, 0.5) is 8.78 Å². The van der Waals surface area contributed by atoms with Gasteiger partial charge in [-0.05, 0) is 37.1 Å². The summed E-state index contributed by atoms with van der Waals surface area (Å²) in [6, 6.07) is 3.56. The summed E-state index contributed by atoms with van der Waals surface area (Å²) in [5, 5.41) is 10.2. The van der Waals surface area contributed by atoms with E-state index in [4.69, 9.17) is 4.74 Å². The van der Waals surface area contributed by atoms with Gasteiger partial charge >= 0.3 is 0 Å². The second-order valence-corrected chi connectivity index (χ2v) is 5.31. The van der Waals surface area contributed by atoms with Crippen LogP contribution in [0.25, 0.3) is 0 Å². The maximum Gasteiger partial charge on any atom is 0.126 e. The fraction of sp³-hybridized carbons (Fsp3) is 0.571. The first-order valence-electron chi connectivity index (χ1n) is 6.63. The van der Waals surface area contributed by atoms with Gasteiger partial charge in [0.15, 0.2) is 0 Å². The van der Waals surface area contributed by atoms with Gasteiger partial charge in [-0.2, -0.15) is 0 Å². The van der Waals surface area contributed by atoms with Crippen molar-refractivity contribution in [3.8, 4) is 0 Å². The number of fused-ring (bicyclic) bond motifs is 1. The number of rotatable bonds is 2. The summed E-state index contributed by atoms with van der Waals surface area (Å²) in [4.78, 5) is 2.28. The molecule has 1 aromatic carbocycles. The third-order valence-electron chi connectivity index (χ3n) is 3.99. The standard InChI is InChI=1S/C14H17F2NO2/c15-10-4-9(5-11(16)6-10)14(18)13-7-17-3-1-2-12(17)8-19-13/h4-6,12-14,18H,1-3,7-8H2. The fourth-order valence-corrected chi connectivity index (χ4v) is 2.99. The molecule has 3 unspecified atom stereocenters. The molecule has 0 amide bonds. The zero-order valence-corrected chi connectivity index (χ0v) is 10.6. The number of hydrogen-bond donors (Lipinski definition) is 1. The van der Waals surface area contributed by atoms with E-state index in [1.807, 2.05) is 0 Å². The van der Waals surface area contributed by atoms with Crippen molar-refractivity contribution < 1.29 is 18.6 Å². The van der Waals surface area contributed by atoms with Crippen molar-refractivity contribution in [3.63, 3.8) is 0 Å². The zero-order chi connectivity index (χ0) is 13.4. The Hall–Kier alpha value is -1.04. The lowest BCUT2D eigenvalue weighted by Crippen LogP contribution is -2.48. The minimum absolute atomic E-state index is 0.236. The van der Waals surface area contributed by atoms with Crippen LogP contribution in [0.2, 0.25) is 0 Å². The summed E-state index contributed by atoms with van der Waals surface area (Å²) >= 11 is 0. The van der Waals surface area contributed by atoms with Crippen molar-refractivity contribution in [2.24, 2.45) is 0 Å². The topological polar surface area (TPSA) is 32.7 Å². The molecule has 0 saturated carbocycles. The van der Waals surface area contributed by atoms with Crippen LogP contribution in [0.15, 0.2) is 18.2 Å². The maximum absolute atomic E-state index is 13.2. The maximum atomic E-state index is 13.2. The van der Waals surface area contributed by atoms with Crippen LogP contribution in [0.3, 0.4) is 0 Å². The molecule has 1 N–H and O–H groups in total. The summed E-state index contributed by atoms with van der Waals surface area (Å²) < 4.78 is 32.0. The zero-order valence-electron chi connectivity index (χ0n) is 10.6. The van der Waals surface area contributed by atoms with Gasteiger partial charge in [-0.25, -0.2) is 8.78 Å². The normalized spacial score (nSPS) is 29.2. The van der Waals surface area contributed by atoms with Gasteiger partial charge in [-0.15, -0.1) is 0 Å². The summed E-state index contributed by atoms with van der Waals surface area (Å²) in [7, 11) is 0. The van der Waals surface area contributed by atoms with Gasteiger partial charge in [-0.3, -0.25) is 4.90 Å². The van der Waals surface area contributed by atoms with Gasteiger partial charge in [0.1, 0.15) is 23.8 Å². The third kappa shape index (κ3) is 2.63. The first kappa shape index (κ1) is 13.0. The second kappa shape index (κ2) is 5.15. The number of halogens is 2. The van der Waals surface area contributed by atoms with Crippen LogP contribution in [0, 0.1) is 11.6 Å². The quantitative estimate of drug-likeness (QED) is 0.889. The third-order valence-corrected chi connectivity index (χ3v) is 3.99. The molecule has 3 rings (SSSR count). The minimum atomic E-state index is -0.994. The van der Waals surface area contributed by atoms with E-state index in [1.165, 1.54) is 0 Å². The van der Waals surface area contributed by atoms with Crippen LogP contribution >= 0.6 is 0 Å². The average Bonchev–Trinajstić information content (AvgIpc) is 2.83. The molecule has 2 fully saturated rings. The molecule has 2 aliphatic heterocycles. The molecular weight excluding hydrogens is 252 g/mol. The predicted molar refractivity (Wildman–Crippen MR) is 65.7 cm³/mol. The second-order valence-electron chi connectivity index (χ2n) is 5.31. The van der Waals surface area contributed by atoms with E-state index >= 15 is 0 Å². The SMILES string of the molecule is OC(c1cc(F)cc(F)c1)C1CN2CCCC2CO1. The Morgan fingerprint density at radius 3 is 2.74 bits per heavy atom. The molecule has 19 heavy (non-hydrogen) atoms. The lowest BCUT2D eigenvalue weighted by atomic mass is 10.0. The van der Waals surface area contributed by atoms with Crippen molar-refractivity contribution >= 4 is 0 Å². The molecule has 2 heterocycles. The number of morpholine rings is 1. The van der Waals surface area contributed by atoms with Gasteiger partial charge in [0.2, 0.25) is 0 Å². The van der Waals surface area contributed by atoms with E-state index < -0.39 is 23.8 Å². The lowest BCUT2D eigenvalue weighted by molar-refractivity contribution is -0.103. The van der Waals surface area contributed by atoms with E-state index in [0.29, 0.717) is 19.2 Å². The first-order valence-corrected chi connectivity index (χ1v) is 6.63. The Morgan fingerprint density at radius 2 is 2.00 bits per heavy atom. The molecule has 0 bridgehead atoms. The molecule has 0 aliphatic carbocycles. The number of aliphatic hydroxyl groups excluding tert-OH is 1. The van der Waals surface area contributed by atoms with Crippen molar-refractivity contribution in [1.29, 1.82) is 0 Å². The van der Waals surface area contributed by atoms with Crippen LogP contribution in [-0.2, 0) is 4.74 Å². The summed E-state index contributed by atoms with van der Waals surface area (Å²) in [6.07, 6.45) is 0.852. The Balaban J connectivity index is 1.74. The Morgan fingerprint density at radius 1 is 1.26 bits per heavy atom. The fourth-order valence-electron chi connectivity index (χ4n) is 2.99. The molecule has 3 nitrogen and oxygen atoms in total. The highest BCUT2D eigenvalue weighted by Crippen LogP contribution is 2.29. The van der Waals surface area contributed by atoms with Gasteiger partial charge < -0.3 is 9.84 Å². The Kier molecular flexibility index (Phi) is 3.52. The van der Waals surface area contributed by atoms with E-state index in [2.05, 4.69) is 4.90 Å². The molecule has 0 aromatic heterocycles. The van der Waals surface area contributed by atoms with Crippen molar-refractivity contribution in [1.82, 2.24) is 4.90 Å². The highest BCUT2D eigenvalue weighted by Gasteiger charge is 2.35. The largest absolute Gasteiger partial charge is 0.386 e. The molecule has 104 valence electrons. The first-order chi connectivity index (χ1) is 9.13. The number of ether oxygens (including phenoxy) is 1. The van der Waals surface area contributed by atoms with Gasteiger partial charge in [0.25, 0.3) is 0 Å². The number of aliphatic hydroxyl groups is 1. The monoisotopic (exact) mass is 269 g/mol. The molecule has 0 radical (unpaired) electrons. The predicted octanol–water partition coefficient (Wildman–Crippen LogP) is 1.86. The smallest absolute Gasteiger partial charge is 0.126 e. The Bertz CT molecular complexity index is 449. The van der Waals surface area contributed by atoms with E-state index in [-0.39, 0.29) is 5.56 Å². The average molecular weight is 269 g/mol. The molecule has 5 heteroatoms. The van der Waals surface area contributed by atoms with Crippen molar-refractivity contribution in [2.75, 3.05) is 19.7 Å². The number of benzene rings is 1. The van der Waals surface area contributed by atoms with E-state index in [0.717, 1.165) is 37.6 Å². The van der Waals surface area contributed by atoms with Crippen LogP contribution < -0.4 is 0 Å². The highest BCUT2D eigenvalue weighted by molar-refractivity contribution is 5.21. The molecule has 2 saturated heterocycles. The molecule has 2 aliphatic rings. The Labute approximate surface area is 110 Å². The molecule has 1 aromatic rings. The van der Waals surface area contributed by atoms with Crippen LogP contribution in [-0.4, -0.2) is 41.8 Å². The van der Waals surface area contributed by atoms with Crippen LogP contribution in [0.5, 0.6) is 0 Å². The molecule has 3 atom stereocenters. The minimum Gasteiger partial charge on any atom is -0.386 e. The van der Waals surface area contributed by atoms with Gasteiger partial charge in [0, 0.05) is 18.7 Å². The molecule has 0 spiro atoms. The summed E-state index contributed by atoms with van der Waals surface area (Å²) in [5.74, 6) is -1.35. The van der Waals surface area contributed by atoms with Gasteiger partial charge in [0.05, 0.1) is 6.61 Å². The number of nitrogens with zero attached hydrogens (tertiary/aromatic N) is 1. The lowest BCUT2D eigenvalue weighted by Gasteiger charge is -2.37. The van der Waals surface area contributed by atoms with Crippen molar-refractivity contribution in [2.45, 2.75) is 31.1 Å². The summed E-state index contributed by atoms with van der Waals surface area (Å²) in [5.41, 5.74) is 0.236. The van der Waals surface area contributed by atoms with Crippen LogP contribution in [0.1, 0.15) is 24.5 Å².